The molecule has 1 aromatic heterocycles. The fourth-order valence-electron chi connectivity index (χ4n) is 4.32. The lowest BCUT2D eigenvalue weighted by Gasteiger charge is -2.30. The number of benzene rings is 2. The minimum absolute atomic E-state index is 0.196. The second kappa shape index (κ2) is 8.15. The Morgan fingerprint density at radius 3 is 2.59 bits per heavy atom. The molecule has 1 amide bonds. The van der Waals surface area contributed by atoms with Crippen molar-refractivity contribution in [2.45, 2.75) is 43.9 Å². The van der Waals surface area contributed by atoms with Crippen molar-refractivity contribution in [1.82, 2.24) is 9.47 Å². The molecular formula is C24H28N2O2S. The Balaban J connectivity index is 2.04. The number of nitrogens with zero attached hydrogens (tertiary/aromatic N) is 2. The van der Waals surface area contributed by atoms with E-state index in [1.807, 2.05) is 11.0 Å². The fourth-order valence-corrected chi connectivity index (χ4v) is 5.63. The highest BCUT2D eigenvalue weighted by atomic mass is 32.2. The highest BCUT2D eigenvalue weighted by Gasteiger charge is 2.37. The first-order valence-electron chi connectivity index (χ1n) is 10.4. The van der Waals surface area contributed by atoms with Crippen molar-refractivity contribution in [1.29, 1.82) is 0 Å². The van der Waals surface area contributed by atoms with Gasteiger partial charge in [0, 0.05) is 47.1 Å². The third-order valence-corrected chi connectivity index (χ3v) is 6.99. The number of hydrogen-bond donors (Lipinski definition) is 0. The number of hydrogen-bond acceptors (Lipinski definition) is 3. The van der Waals surface area contributed by atoms with Crippen molar-refractivity contribution >= 4 is 28.6 Å². The maximum atomic E-state index is 13.5. The number of aryl methyl sites for hydroxylation is 1. The number of fused-ring (bicyclic) bond motifs is 5. The fraction of sp³-hybridized carbons (Fsp3) is 0.375. The lowest BCUT2D eigenvalue weighted by Crippen LogP contribution is -2.34. The maximum absolute atomic E-state index is 13.5. The molecule has 0 radical (unpaired) electrons. The van der Waals surface area contributed by atoms with Gasteiger partial charge < -0.3 is 14.2 Å². The van der Waals surface area contributed by atoms with Gasteiger partial charge in [-0.15, -0.1) is 11.8 Å². The van der Waals surface area contributed by atoms with E-state index in [0.717, 1.165) is 48.3 Å². The lowest BCUT2D eigenvalue weighted by atomic mass is 10.0. The maximum Gasteiger partial charge on any atom is 0.240 e. The van der Waals surface area contributed by atoms with E-state index < -0.39 is 0 Å². The third-order valence-electron chi connectivity index (χ3n) is 5.71. The Morgan fingerprint density at radius 1 is 1.14 bits per heavy atom. The van der Waals surface area contributed by atoms with Crippen molar-refractivity contribution in [2.75, 3.05) is 20.2 Å². The van der Waals surface area contributed by atoms with Crippen LogP contribution >= 0.6 is 11.8 Å². The van der Waals surface area contributed by atoms with E-state index in [4.69, 9.17) is 4.74 Å². The zero-order valence-electron chi connectivity index (χ0n) is 17.6. The Kier molecular flexibility index (Phi) is 5.59. The Labute approximate surface area is 176 Å². The number of ether oxygens (including phenoxy) is 1. The van der Waals surface area contributed by atoms with Gasteiger partial charge >= 0.3 is 0 Å². The van der Waals surface area contributed by atoms with Crippen LogP contribution < -0.4 is 4.74 Å². The van der Waals surface area contributed by atoms with E-state index in [1.165, 1.54) is 16.2 Å². The Morgan fingerprint density at radius 2 is 1.90 bits per heavy atom. The molecule has 5 heteroatoms. The van der Waals surface area contributed by atoms with Gasteiger partial charge in [0.1, 0.15) is 11.0 Å². The van der Waals surface area contributed by atoms with E-state index >= 15 is 0 Å². The molecule has 4 nitrogen and oxygen atoms in total. The molecule has 1 aliphatic heterocycles. The standard InChI is InChI=1S/C24H28N2O2S/c1-5-14-26-19-15-16(28-4)12-13-17(19)21-22(26)18-10-8-9-11-20(18)29-23(21)24(27)25(6-2)7-3/h8-13,15,23H,5-7,14H2,1-4H3/t23-/m0/s1. The summed E-state index contributed by atoms with van der Waals surface area (Å²) in [7, 11) is 1.70. The van der Waals surface area contributed by atoms with E-state index in [2.05, 4.69) is 61.7 Å². The summed E-state index contributed by atoms with van der Waals surface area (Å²) in [4.78, 5) is 16.7. The van der Waals surface area contributed by atoms with Crippen LogP contribution in [0.5, 0.6) is 5.75 Å². The van der Waals surface area contributed by atoms with Gasteiger partial charge in [0.25, 0.3) is 0 Å². The third kappa shape index (κ3) is 3.21. The molecule has 29 heavy (non-hydrogen) atoms. The van der Waals surface area contributed by atoms with Gasteiger partial charge in [0.15, 0.2) is 0 Å². The normalized spacial score (nSPS) is 15.1. The molecule has 2 heterocycles. The Hall–Kier alpha value is -2.40. The van der Waals surface area contributed by atoms with Crippen LogP contribution in [0, 0.1) is 0 Å². The smallest absolute Gasteiger partial charge is 0.240 e. The second-order valence-corrected chi connectivity index (χ2v) is 8.45. The minimum atomic E-state index is -0.228. The zero-order valence-corrected chi connectivity index (χ0v) is 18.4. The van der Waals surface area contributed by atoms with Crippen LogP contribution in [0.2, 0.25) is 0 Å². The first kappa shape index (κ1) is 19.9. The number of methoxy groups -OCH3 is 1. The summed E-state index contributed by atoms with van der Waals surface area (Å²) in [6.45, 7) is 8.66. The average molecular weight is 409 g/mol. The van der Waals surface area contributed by atoms with E-state index in [1.54, 1.807) is 18.9 Å². The molecule has 0 saturated heterocycles. The first-order chi connectivity index (χ1) is 14.1. The Bertz CT molecular complexity index is 1050. The predicted molar refractivity (Wildman–Crippen MR) is 121 cm³/mol. The monoisotopic (exact) mass is 408 g/mol. The SMILES string of the molecule is CCCn1c2c(c3ccc(OC)cc31)[C@@H](C(=O)N(CC)CC)Sc1ccccc1-2. The van der Waals surface area contributed by atoms with Gasteiger partial charge in [-0.05, 0) is 38.5 Å². The molecule has 152 valence electrons. The van der Waals surface area contributed by atoms with Gasteiger partial charge in [-0.1, -0.05) is 25.1 Å². The number of carbonyl (C=O) groups is 1. The molecule has 0 bridgehead atoms. The highest BCUT2D eigenvalue weighted by molar-refractivity contribution is 8.00. The molecule has 1 aliphatic rings. The van der Waals surface area contributed by atoms with E-state index in [9.17, 15) is 4.79 Å². The van der Waals surface area contributed by atoms with Crippen molar-refractivity contribution in [3.63, 3.8) is 0 Å². The van der Waals surface area contributed by atoms with Gasteiger partial charge in [0.2, 0.25) is 5.91 Å². The summed E-state index contributed by atoms with van der Waals surface area (Å²) in [5, 5.41) is 0.926. The summed E-state index contributed by atoms with van der Waals surface area (Å²) in [5.41, 5.74) is 4.71. The van der Waals surface area contributed by atoms with Crippen LogP contribution in [0.15, 0.2) is 47.4 Å². The molecule has 0 N–H and O–H groups in total. The summed E-state index contributed by atoms with van der Waals surface area (Å²) < 4.78 is 7.89. The molecule has 0 fully saturated rings. The predicted octanol–water partition coefficient (Wildman–Crippen LogP) is 5.74. The zero-order chi connectivity index (χ0) is 20.5. The second-order valence-electron chi connectivity index (χ2n) is 7.30. The van der Waals surface area contributed by atoms with Crippen LogP contribution in [0.3, 0.4) is 0 Å². The van der Waals surface area contributed by atoms with Crippen LogP contribution in [0.1, 0.15) is 38.0 Å². The summed E-state index contributed by atoms with van der Waals surface area (Å²) in [5.74, 6) is 1.04. The molecule has 3 aromatic rings. The number of carbonyl (C=O) groups excluding carboxylic acids is 1. The van der Waals surface area contributed by atoms with Crippen molar-refractivity contribution in [3.8, 4) is 17.0 Å². The van der Waals surface area contributed by atoms with Crippen LogP contribution in [-0.2, 0) is 11.3 Å². The topological polar surface area (TPSA) is 34.5 Å². The van der Waals surface area contributed by atoms with Crippen LogP contribution in [0.25, 0.3) is 22.2 Å². The van der Waals surface area contributed by atoms with E-state index in [0.29, 0.717) is 0 Å². The van der Waals surface area contributed by atoms with Crippen molar-refractivity contribution in [2.24, 2.45) is 0 Å². The van der Waals surface area contributed by atoms with Crippen LogP contribution in [-0.4, -0.2) is 35.6 Å². The minimum Gasteiger partial charge on any atom is -0.497 e. The number of amides is 1. The molecule has 0 saturated carbocycles. The quantitative estimate of drug-likeness (QED) is 0.521. The molecular weight excluding hydrogens is 380 g/mol. The number of aromatic nitrogens is 1. The summed E-state index contributed by atoms with van der Waals surface area (Å²) in [6, 6.07) is 14.7. The van der Waals surface area contributed by atoms with E-state index in [-0.39, 0.29) is 11.2 Å². The van der Waals surface area contributed by atoms with Gasteiger partial charge in [-0.2, -0.15) is 0 Å². The number of rotatable bonds is 6. The highest BCUT2D eigenvalue weighted by Crippen LogP contribution is 2.53. The molecule has 0 unspecified atom stereocenters. The lowest BCUT2D eigenvalue weighted by molar-refractivity contribution is -0.130. The largest absolute Gasteiger partial charge is 0.497 e. The molecule has 1 atom stereocenters. The van der Waals surface area contributed by atoms with Crippen molar-refractivity contribution in [3.05, 3.63) is 48.0 Å². The van der Waals surface area contributed by atoms with Gasteiger partial charge in [-0.25, -0.2) is 0 Å². The number of likely N-dealkylation sites (N-methyl/N-ethyl adjacent to an activating group) is 1. The van der Waals surface area contributed by atoms with Gasteiger partial charge in [0.05, 0.1) is 18.3 Å². The molecule has 0 spiro atoms. The van der Waals surface area contributed by atoms with Crippen LogP contribution in [0.4, 0.5) is 0 Å². The number of thioether (sulfide) groups is 1. The molecule has 4 rings (SSSR count). The summed E-state index contributed by atoms with van der Waals surface area (Å²) in [6.07, 6.45) is 1.03. The molecule has 2 aromatic carbocycles. The van der Waals surface area contributed by atoms with Crippen molar-refractivity contribution < 1.29 is 9.53 Å². The van der Waals surface area contributed by atoms with Gasteiger partial charge in [-0.3, -0.25) is 4.79 Å². The molecule has 0 aliphatic carbocycles. The average Bonchev–Trinajstić information content (AvgIpc) is 3.08. The summed E-state index contributed by atoms with van der Waals surface area (Å²) >= 11 is 1.69. The first-order valence-corrected chi connectivity index (χ1v) is 11.3.